The van der Waals surface area contributed by atoms with Crippen LogP contribution in [0.15, 0.2) is 35.9 Å². The van der Waals surface area contributed by atoms with Gasteiger partial charge in [0.25, 0.3) is 0 Å². The van der Waals surface area contributed by atoms with Gasteiger partial charge in [0.05, 0.1) is 6.10 Å². The van der Waals surface area contributed by atoms with E-state index in [1.807, 2.05) is 50.3 Å². The number of hydrogen-bond donors (Lipinski definition) is 1. The predicted octanol–water partition coefficient (Wildman–Crippen LogP) is 2.86. The molecule has 0 saturated heterocycles. The van der Waals surface area contributed by atoms with Crippen molar-refractivity contribution < 1.29 is 5.11 Å². The van der Waals surface area contributed by atoms with Crippen molar-refractivity contribution in [3.05, 3.63) is 41.5 Å². The Kier molecular flexibility index (Phi) is 3.71. The highest BCUT2D eigenvalue weighted by atomic mass is 16.3. The molecule has 0 bridgehead atoms. The van der Waals surface area contributed by atoms with Crippen LogP contribution >= 0.6 is 0 Å². The Bertz CT molecular complexity index is 274. The summed E-state index contributed by atoms with van der Waals surface area (Å²) in [5, 5.41) is 9.52. The number of aliphatic hydroxyl groups excluding tert-OH is 1. The Morgan fingerprint density at radius 1 is 1.38 bits per heavy atom. The molecular formula is C12H16O. The standard InChI is InChI=1S/C12H16O/c1-3-12(13)10(2)9-11-7-5-4-6-8-11/h4-9,12-13H,3H2,1-2H3. The van der Waals surface area contributed by atoms with E-state index in [2.05, 4.69) is 0 Å². The van der Waals surface area contributed by atoms with E-state index in [1.54, 1.807) is 0 Å². The van der Waals surface area contributed by atoms with Crippen LogP contribution in [0.4, 0.5) is 0 Å². The summed E-state index contributed by atoms with van der Waals surface area (Å²) in [6.45, 7) is 3.94. The van der Waals surface area contributed by atoms with Gasteiger partial charge >= 0.3 is 0 Å². The molecule has 1 aromatic carbocycles. The van der Waals surface area contributed by atoms with Gasteiger partial charge in [-0.2, -0.15) is 0 Å². The van der Waals surface area contributed by atoms with E-state index in [-0.39, 0.29) is 6.10 Å². The Hall–Kier alpha value is -1.08. The maximum Gasteiger partial charge on any atom is 0.0748 e. The molecule has 0 aliphatic heterocycles. The molecule has 0 fully saturated rings. The molecule has 1 nitrogen and oxygen atoms in total. The van der Waals surface area contributed by atoms with Crippen LogP contribution in [0.1, 0.15) is 25.8 Å². The minimum absolute atomic E-state index is 0.305. The number of rotatable bonds is 3. The molecule has 13 heavy (non-hydrogen) atoms. The lowest BCUT2D eigenvalue weighted by Gasteiger charge is -2.07. The second-order valence-electron chi connectivity index (χ2n) is 3.22. The summed E-state index contributed by atoms with van der Waals surface area (Å²) in [6, 6.07) is 10.1. The molecule has 0 saturated carbocycles. The van der Waals surface area contributed by atoms with Crippen molar-refractivity contribution in [1.29, 1.82) is 0 Å². The molecule has 1 aromatic rings. The van der Waals surface area contributed by atoms with Crippen molar-refractivity contribution in [1.82, 2.24) is 0 Å². The number of aliphatic hydroxyl groups is 1. The quantitative estimate of drug-likeness (QED) is 0.750. The van der Waals surface area contributed by atoms with Crippen molar-refractivity contribution in [2.45, 2.75) is 26.4 Å². The maximum atomic E-state index is 9.52. The molecule has 1 heteroatoms. The predicted molar refractivity (Wildman–Crippen MR) is 56.4 cm³/mol. The van der Waals surface area contributed by atoms with Gasteiger partial charge < -0.3 is 5.11 Å². The fraction of sp³-hybridized carbons (Fsp3) is 0.333. The first-order valence-corrected chi connectivity index (χ1v) is 4.65. The van der Waals surface area contributed by atoms with Gasteiger partial charge in [-0.3, -0.25) is 0 Å². The van der Waals surface area contributed by atoms with Gasteiger partial charge in [-0.25, -0.2) is 0 Å². The molecule has 0 aromatic heterocycles. The summed E-state index contributed by atoms with van der Waals surface area (Å²) >= 11 is 0. The lowest BCUT2D eigenvalue weighted by Crippen LogP contribution is -2.05. The third-order valence-corrected chi connectivity index (χ3v) is 2.11. The van der Waals surface area contributed by atoms with Crippen LogP contribution in [0.25, 0.3) is 6.08 Å². The van der Waals surface area contributed by atoms with Crippen LogP contribution in [-0.2, 0) is 0 Å². The summed E-state index contributed by atoms with van der Waals surface area (Å²) < 4.78 is 0. The second-order valence-corrected chi connectivity index (χ2v) is 3.22. The Morgan fingerprint density at radius 2 is 2.00 bits per heavy atom. The molecule has 1 unspecified atom stereocenters. The molecule has 0 spiro atoms. The first-order valence-electron chi connectivity index (χ1n) is 4.65. The zero-order chi connectivity index (χ0) is 9.68. The molecule has 1 rings (SSSR count). The third kappa shape index (κ3) is 3.03. The van der Waals surface area contributed by atoms with Crippen LogP contribution < -0.4 is 0 Å². The SMILES string of the molecule is CCC(O)C(C)=Cc1ccccc1. The van der Waals surface area contributed by atoms with Gasteiger partial charge in [0, 0.05) is 0 Å². The zero-order valence-electron chi connectivity index (χ0n) is 8.20. The monoisotopic (exact) mass is 176 g/mol. The summed E-state index contributed by atoms with van der Waals surface area (Å²) in [5.41, 5.74) is 2.17. The molecule has 0 aliphatic rings. The Labute approximate surface area is 79.7 Å². The molecule has 0 aliphatic carbocycles. The van der Waals surface area contributed by atoms with Gasteiger partial charge in [-0.05, 0) is 24.5 Å². The molecule has 0 radical (unpaired) electrons. The molecule has 0 amide bonds. The van der Waals surface area contributed by atoms with E-state index in [9.17, 15) is 5.11 Å². The molecular weight excluding hydrogens is 160 g/mol. The Balaban J connectivity index is 2.77. The van der Waals surface area contributed by atoms with Gasteiger partial charge in [-0.1, -0.05) is 43.3 Å². The summed E-state index contributed by atoms with van der Waals surface area (Å²) in [5.74, 6) is 0. The van der Waals surface area contributed by atoms with E-state index >= 15 is 0 Å². The van der Waals surface area contributed by atoms with Crippen LogP contribution in [0.5, 0.6) is 0 Å². The summed E-state index contributed by atoms with van der Waals surface area (Å²) in [4.78, 5) is 0. The van der Waals surface area contributed by atoms with Gasteiger partial charge in [0.1, 0.15) is 0 Å². The fourth-order valence-corrected chi connectivity index (χ4v) is 1.23. The fourth-order valence-electron chi connectivity index (χ4n) is 1.23. The zero-order valence-corrected chi connectivity index (χ0v) is 8.20. The highest BCUT2D eigenvalue weighted by Crippen LogP contribution is 2.11. The van der Waals surface area contributed by atoms with Gasteiger partial charge in [0.2, 0.25) is 0 Å². The first-order chi connectivity index (χ1) is 6.24. The molecule has 1 N–H and O–H groups in total. The van der Waals surface area contributed by atoms with Crippen molar-refractivity contribution in [2.75, 3.05) is 0 Å². The van der Waals surface area contributed by atoms with Crippen LogP contribution in [0, 0.1) is 0 Å². The largest absolute Gasteiger partial charge is 0.389 e. The smallest absolute Gasteiger partial charge is 0.0748 e. The second kappa shape index (κ2) is 4.83. The first kappa shape index (κ1) is 10.0. The van der Waals surface area contributed by atoms with Crippen LogP contribution in [0.2, 0.25) is 0 Å². The van der Waals surface area contributed by atoms with Crippen molar-refractivity contribution in [3.63, 3.8) is 0 Å². The van der Waals surface area contributed by atoms with E-state index in [0.717, 1.165) is 17.6 Å². The van der Waals surface area contributed by atoms with Crippen molar-refractivity contribution in [2.24, 2.45) is 0 Å². The van der Waals surface area contributed by atoms with Crippen LogP contribution in [0.3, 0.4) is 0 Å². The van der Waals surface area contributed by atoms with Gasteiger partial charge in [-0.15, -0.1) is 0 Å². The average molecular weight is 176 g/mol. The number of benzene rings is 1. The average Bonchev–Trinajstić information content (AvgIpc) is 2.18. The van der Waals surface area contributed by atoms with Crippen molar-refractivity contribution >= 4 is 6.08 Å². The topological polar surface area (TPSA) is 20.2 Å². The van der Waals surface area contributed by atoms with Crippen molar-refractivity contribution in [3.8, 4) is 0 Å². The summed E-state index contributed by atoms with van der Waals surface area (Å²) in [6.07, 6.45) is 2.49. The molecule has 0 heterocycles. The normalized spacial score (nSPS) is 14.2. The van der Waals surface area contributed by atoms with Gasteiger partial charge in [0.15, 0.2) is 0 Å². The minimum Gasteiger partial charge on any atom is -0.389 e. The number of hydrogen-bond acceptors (Lipinski definition) is 1. The molecule has 1 atom stereocenters. The maximum absolute atomic E-state index is 9.52. The molecule has 70 valence electrons. The van der Waals surface area contributed by atoms with E-state index in [1.165, 1.54) is 0 Å². The summed E-state index contributed by atoms with van der Waals surface area (Å²) in [7, 11) is 0. The lowest BCUT2D eigenvalue weighted by molar-refractivity contribution is 0.208. The van der Waals surface area contributed by atoms with E-state index in [0.29, 0.717) is 0 Å². The lowest BCUT2D eigenvalue weighted by atomic mass is 10.1. The van der Waals surface area contributed by atoms with E-state index < -0.39 is 0 Å². The van der Waals surface area contributed by atoms with Crippen LogP contribution in [-0.4, -0.2) is 11.2 Å². The highest BCUT2D eigenvalue weighted by molar-refractivity contribution is 5.52. The third-order valence-electron chi connectivity index (χ3n) is 2.11. The van der Waals surface area contributed by atoms with E-state index in [4.69, 9.17) is 0 Å². The Morgan fingerprint density at radius 3 is 2.54 bits per heavy atom. The minimum atomic E-state index is -0.305. The highest BCUT2D eigenvalue weighted by Gasteiger charge is 2.01.